The standard InChI is InChI=1S/C8H9NO4.C6H15NO3/c10-6-2-1-4-3-5(8(12)13)7(11)9(4)6;1-4(8)7(5(2)9)6(3)10/h4-5H,1-3H2,(H,12,13);4-6,8-10H,1-3H3. The van der Waals surface area contributed by atoms with Gasteiger partial charge in [-0.2, -0.15) is 0 Å². The molecule has 0 saturated carbocycles. The summed E-state index contributed by atoms with van der Waals surface area (Å²) < 4.78 is 0. The molecule has 23 heavy (non-hydrogen) atoms. The minimum absolute atomic E-state index is 0.152. The van der Waals surface area contributed by atoms with Gasteiger partial charge >= 0.3 is 5.97 Å². The molecule has 0 aliphatic carbocycles. The summed E-state index contributed by atoms with van der Waals surface area (Å²) in [5, 5.41) is 35.5. The number of hydrogen-bond donors (Lipinski definition) is 4. The highest BCUT2D eigenvalue weighted by Gasteiger charge is 2.49. The van der Waals surface area contributed by atoms with E-state index in [0.717, 1.165) is 4.90 Å². The van der Waals surface area contributed by atoms with Gasteiger partial charge in [-0.05, 0) is 33.6 Å². The fourth-order valence-electron chi connectivity index (χ4n) is 2.95. The van der Waals surface area contributed by atoms with Crippen LogP contribution in [0.15, 0.2) is 0 Å². The van der Waals surface area contributed by atoms with Gasteiger partial charge in [0.1, 0.15) is 24.6 Å². The average Bonchev–Trinajstić information content (AvgIpc) is 2.90. The van der Waals surface area contributed by atoms with Gasteiger partial charge in [0, 0.05) is 12.5 Å². The lowest BCUT2D eigenvalue weighted by molar-refractivity contribution is -0.159. The van der Waals surface area contributed by atoms with E-state index in [1.165, 1.54) is 25.7 Å². The topological polar surface area (TPSA) is 139 Å². The highest BCUT2D eigenvalue weighted by molar-refractivity contribution is 6.07. The number of aliphatic carboxylic acids is 1. The molecular weight excluding hydrogens is 308 g/mol. The monoisotopic (exact) mass is 332 g/mol. The molecule has 5 unspecified atom stereocenters. The number of carboxylic acid groups (broad SMARTS) is 1. The Bertz CT molecular complexity index is 445. The second-order valence-electron chi connectivity index (χ2n) is 5.76. The van der Waals surface area contributed by atoms with Crippen LogP contribution in [0.4, 0.5) is 0 Å². The lowest BCUT2D eigenvalue weighted by atomic mass is 10.0. The van der Waals surface area contributed by atoms with E-state index in [0.29, 0.717) is 19.3 Å². The lowest BCUT2D eigenvalue weighted by Gasteiger charge is -2.30. The summed E-state index contributed by atoms with van der Waals surface area (Å²) in [6.45, 7) is 4.46. The van der Waals surface area contributed by atoms with E-state index in [4.69, 9.17) is 20.4 Å². The van der Waals surface area contributed by atoms with Gasteiger partial charge in [0.25, 0.3) is 0 Å². The summed E-state index contributed by atoms with van der Waals surface area (Å²) in [6.07, 6.45) is -1.21. The molecule has 2 saturated heterocycles. The van der Waals surface area contributed by atoms with Gasteiger partial charge in [-0.3, -0.25) is 19.3 Å². The molecule has 2 amide bonds. The van der Waals surface area contributed by atoms with E-state index in [-0.39, 0.29) is 11.9 Å². The Morgan fingerprint density at radius 2 is 1.61 bits per heavy atom. The first kappa shape index (κ1) is 19.5. The minimum atomic E-state index is -1.12. The third kappa shape index (κ3) is 4.47. The number of carbonyl (C=O) groups excluding carboxylic acids is 2. The summed E-state index contributed by atoms with van der Waals surface area (Å²) in [5.74, 6) is -2.86. The first-order chi connectivity index (χ1) is 10.6. The van der Waals surface area contributed by atoms with Crippen molar-refractivity contribution in [3.63, 3.8) is 0 Å². The highest BCUT2D eigenvalue weighted by atomic mass is 16.4. The van der Waals surface area contributed by atoms with Gasteiger partial charge in [0.15, 0.2) is 0 Å². The molecule has 2 fully saturated rings. The molecule has 2 aliphatic heterocycles. The summed E-state index contributed by atoms with van der Waals surface area (Å²) in [7, 11) is 0. The van der Waals surface area contributed by atoms with Gasteiger partial charge < -0.3 is 20.4 Å². The van der Waals surface area contributed by atoms with Gasteiger partial charge in [0.05, 0.1) is 0 Å². The van der Waals surface area contributed by atoms with Crippen LogP contribution in [0, 0.1) is 5.92 Å². The van der Waals surface area contributed by atoms with Crippen molar-refractivity contribution in [2.24, 2.45) is 5.92 Å². The van der Waals surface area contributed by atoms with Crippen LogP contribution in [-0.4, -0.2) is 72.7 Å². The molecule has 0 aromatic rings. The van der Waals surface area contributed by atoms with Crippen LogP contribution in [-0.2, 0) is 14.4 Å². The van der Waals surface area contributed by atoms with E-state index in [1.807, 2.05) is 0 Å². The second-order valence-corrected chi connectivity index (χ2v) is 5.76. The fraction of sp³-hybridized carbons (Fsp3) is 0.786. The molecule has 5 atom stereocenters. The van der Waals surface area contributed by atoms with Gasteiger partial charge in [-0.1, -0.05) is 0 Å². The molecule has 0 aromatic carbocycles. The van der Waals surface area contributed by atoms with E-state index in [1.54, 1.807) is 0 Å². The Kier molecular flexibility index (Phi) is 6.63. The lowest BCUT2D eigenvalue weighted by Crippen LogP contribution is -2.45. The summed E-state index contributed by atoms with van der Waals surface area (Å²) in [5.41, 5.74) is 0. The van der Waals surface area contributed by atoms with Crippen molar-refractivity contribution in [1.29, 1.82) is 0 Å². The highest BCUT2D eigenvalue weighted by Crippen LogP contribution is 2.33. The molecule has 9 heteroatoms. The fourth-order valence-corrected chi connectivity index (χ4v) is 2.95. The van der Waals surface area contributed by atoms with E-state index in [2.05, 4.69) is 0 Å². The number of fused-ring (bicyclic) bond motifs is 1. The number of nitrogens with zero attached hydrogens (tertiary/aromatic N) is 2. The van der Waals surface area contributed by atoms with Gasteiger partial charge in [0.2, 0.25) is 11.8 Å². The Hall–Kier alpha value is -1.55. The number of hydrogen-bond acceptors (Lipinski definition) is 7. The Morgan fingerprint density at radius 1 is 1.13 bits per heavy atom. The molecule has 2 heterocycles. The SMILES string of the molecule is CC(O)N(C(C)O)C(C)O.O=C(O)C1CC2CCC(=O)N2C1=O. The predicted octanol–water partition coefficient (Wildman–Crippen LogP) is -1.09. The smallest absolute Gasteiger partial charge is 0.316 e. The quantitative estimate of drug-likeness (QED) is 0.289. The second kappa shape index (κ2) is 7.82. The van der Waals surface area contributed by atoms with Gasteiger partial charge in [-0.25, -0.2) is 4.90 Å². The van der Waals surface area contributed by atoms with Crippen LogP contribution >= 0.6 is 0 Å². The zero-order valence-corrected chi connectivity index (χ0v) is 13.4. The van der Waals surface area contributed by atoms with Crippen molar-refractivity contribution >= 4 is 17.8 Å². The normalized spacial score (nSPS) is 27.3. The number of imide groups is 1. The average molecular weight is 332 g/mol. The Labute approximate surface area is 134 Å². The predicted molar refractivity (Wildman–Crippen MR) is 77.5 cm³/mol. The zero-order chi connectivity index (χ0) is 17.9. The number of carboxylic acids is 1. The molecule has 0 aromatic heterocycles. The third-order valence-electron chi connectivity index (χ3n) is 3.96. The maximum atomic E-state index is 11.4. The van der Waals surface area contributed by atoms with Crippen LogP contribution in [0.2, 0.25) is 0 Å². The van der Waals surface area contributed by atoms with Crippen molar-refractivity contribution in [3.8, 4) is 0 Å². The summed E-state index contributed by atoms with van der Waals surface area (Å²) >= 11 is 0. The van der Waals surface area contributed by atoms with Crippen molar-refractivity contribution in [3.05, 3.63) is 0 Å². The van der Waals surface area contributed by atoms with Crippen LogP contribution in [0.5, 0.6) is 0 Å². The first-order valence-electron chi connectivity index (χ1n) is 7.48. The molecule has 0 spiro atoms. The number of rotatable bonds is 4. The third-order valence-corrected chi connectivity index (χ3v) is 3.96. The summed E-state index contributed by atoms with van der Waals surface area (Å²) in [6, 6.07) is -0.152. The maximum Gasteiger partial charge on any atom is 0.316 e. The number of amides is 2. The molecule has 4 N–H and O–H groups in total. The molecule has 2 rings (SSSR count). The van der Waals surface area contributed by atoms with Crippen LogP contribution in [0.25, 0.3) is 0 Å². The molecule has 132 valence electrons. The van der Waals surface area contributed by atoms with E-state index >= 15 is 0 Å². The van der Waals surface area contributed by atoms with Crippen LogP contribution in [0.3, 0.4) is 0 Å². The first-order valence-corrected chi connectivity index (χ1v) is 7.48. The number of aliphatic hydroxyl groups excluding tert-OH is 3. The molecule has 9 nitrogen and oxygen atoms in total. The van der Waals surface area contributed by atoms with Crippen molar-refractivity contribution in [1.82, 2.24) is 9.80 Å². The van der Waals surface area contributed by atoms with Crippen LogP contribution < -0.4 is 0 Å². The Balaban J connectivity index is 0.000000241. The summed E-state index contributed by atoms with van der Waals surface area (Å²) in [4.78, 5) is 35.4. The van der Waals surface area contributed by atoms with Crippen molar-refractivity contribution < 1.29 is 34.8 Å². The van der Waals surface area contributed by atoms with Crippen LogP contribution in [0.1, 0.15) is 40.0 Å². The zero-order valence-electron chi connectivity index (χ0n) is 13.4. The van der Waals surface area contributed by atoms with Crippen molar-refractivity contribution in [2.45, 2.75) is 64.8 Å². The number of aliphatic hydroxyl groups is 3. The van der Waals surface area contributed by atoms with Crippen molar-refractivity contribution in [2.75, 3.05) is 0 Å². The van der Waals surface area contributed by atoms with E-state index < -0.39 is 36.5 Å². The van der Waals surface area contributed by atoms with E-state index in [9.17, 15) is 14.4 Å². The van der Waals surface area contributed by atoms with Gasteiger partial charge in [-0.15, -0.1) is 0 Å². The molecule has 0 bridgehead atoms. The largest absolute Gasteiger partial charge is 0.481 e. The number of carbonyl (C=O) groups is 3. The Morgan fingerprint density at radius 3 is 1.91 bits per heavy atom. The molecule has 0 radical (unpaired) electrons. The molecule has 2 aliphatic rings. The maximum absolute atomic E-state index is 11.4. The molecular formula is C14H24N2O7. The minimum Gasteiger partial charge on any atom is -0.481 e.